The van der Waals surface area contributed by atoms with E-state index in [1.807, 2.05) is 6.92 Å². The summed E-state index contributed by atoms with van der Waals surface area (Å²) < 4.78 is 11.6. The molecule has 44 valence electrons. The van der Waals surface area contributed by atoms with Crippen LogP contribution in [-0.4, -0.2) is 6.67 Å². The van der Waals surface area contributed by atoms with Crippen LogP contribution in [0.1, 0.15) is 13.3 Å². The van der Waals surface area contributed by atoms with Crippen LogP contribution in [-0.2, 0) is 0 Å². The van der Waals surface area contributed by atoms with E-state index in [0.717, 1.165) is 0 Å². The zero-order valence-corrected chi connectivity index (χ0v) is 4.82. The van der Waals surface area contributed by atoms with E-state index in [-0.39, 0.29) is 0 Å². The second kappa shape index (κ2) is 4.32. The van der Waals surface area contributed by atoms with E-state index in [2.05, 4.69) is 0 Å². The maximum Gasteiger partial charge on any atom is 0.111 e. The molecule has 0 N–H and O–H groups in total. The zero-order valence-electron chi connectivity index (χ0n) is 4.82. The van der Waals surface area contributed by atoms with Crippen molar-refractivity contribution in [3.05, 3.63) is 11.6 Å². The minimum atomic E-state index is -0.496. The van der Waals surface area contributed by atoms with Crippen LogP contribution < -0.4 is 0 Å². The Kier molecular flexibility index (Phi) is 3.87. The number of halogens is 1. The SMILES string of the molecule is CCC(=CC#N)CF. The zero-order chi connectivity index (χ0) is 6.41. The molecule has 2 heteroatoms. The fourth-order valence-corrected chi connectivity index (χ4v) is 0.326. The highest BCUT2D eigenvalue weighted by Gasteiger charge is 1.88. The molecule has 0 amide bonds. The molecule has 0 aliphatic rings. The minimum absolute atomic E-state index is 0.496. The Morgan fingerprint density at radius 1 is 1.88 bits per heavy atom. The van der Waals surface area contributed by atoms with E-state index in [1.54, 1.807) is 6.07 Å². The summed E-state index contributed by atoms with van der Waals surface area (Å²) in [5.41, 5.74) is 0.563. The quantitative estimate of drug-likeness (QED) is 0.501. The van der Waals surface area contributed by atoms with Gasteiger partial charge in [0.15, 0.2) is 0 Å². The van der Waals surface area contributed by atoms with Gasteiger partial charge in [0.05, 0.1) is 6.07 Å². The highest BCUT2D eigenvalue weighted by Crippen LogP contribution is 1.98. The average molecular weight is 113 g/mol. The number of alkyl halides is 1. The molecule has 0 saturated carbocycles. The van der Waals surface area contributed by atoms with Crippen LogP contribution >= 0.6 is 0 Å². The summed E-state index contributed by atoms with van der Waals surface area (Å²) in [4.78, 5) is 0. The molecule has 0 bridgehead atoms. The van der Waals surface area contributed by atoms with Crippen molar-refractivity contribution in [2.45, 2.75) is 13.3 Å². The Morgan fingerprint density at radius 2 is 2.50 bits per heavy atom. The summed E-state index contributed by atoms with van der Waals surface area (Å²) in [5, 5.41) is 8.01. The number of rotatable bonds is 2. The molecule has 0 aromatic rings. The van der Waals surface area contributed by atoms with Crippen LogP contribution in [0.25, 0.3) is 0 Å². The smallest absolute Gasteiger partial charge is 0.111 e. The molecule has 0 atom stereocenters. The molecular formula is C6H8FN. The normalized spacial score (nSPS) is 10.9. The molecule has 0 spiro atoms. The molecule has 0 fully saturated rings. The van der Waals surface area contributed by atoms with Gasteiger partial charge < -0.3 is 0 Å². The standard InChI is InChI=1S/C6H8FN/c1-2-6(5-7)3-4-8/h3H,2,5H2,1H3. The molecule has 0 aromatic heterocycles. The highest BCUT2D eigenvalue weighted by atomic mass is 19.1. The van der Waals surface area contributed by atoms with Gasteiger partial charge in [0, 0.05) is 6.08 Å². The minimum Gasteiger partial charge on any atom is -0.246 e. The van der Waals surface area contributed by atoms with Crippen molar-refractivity contribution >= 4 is 0 Å². The lowest BCUT2D eigenvalue weighted by atomic mass is 10.2. The monoisotopic (exact) mass is 113 g/mol. The van der Waals surface area contributed by atoms with E-state index in [0.29, 0.717) is 12.0 Å². The van der Waals surface area contributed by atoms with Gasteiger partial charge in [-0.15, -0.1) is 0 Å². The first-order chi connectivity index (χ1) is 3.85. The Bertz CT molecular complexity index is 115. The van der Waals surface area contributed by atoms with E-state index < -0.39 is 6.67 Å². The van der Waals surface area contributed by atoms with Gasteiger partial charge in [-0.3, -0.25) is 0 Å². The summed E-state index contributed by atoms with van der Waals surface area (Å²) in [6.07, 6.45) is 1.88. The summed E-state index contributed by atoms with van der Waals surface area (Å²) in [5.74, 6) is 0. The van der Waals surface area contributed by atoms with Crippen LogP contribution in [0, 0.1) is 11.3 Å². The maximum absolute atomic E-state index is 11.6. The second-order valence-corrected chi connectivity index (χ2v) is 1.42. The second-order valence-electron chi connectivity index (χ2n) is 1.42. The van der Waals surface area contributed by atoms with Gasteiger partial charge in [-0.1, -0.05) is 6.92 Å². The number of nitriles is 1. The number of allylic oxidation sites excluding steroid dienone is 2. The van der Waals surface area contributed by atoms with Crippen molar-refractivity contribution in [2.24, 2.45) is 0 Å². The number of hydrogen-bond donors (Lipinski definition) is 0. The van der Waals surface area contributed by atoms with Crippen LogP contribution in [0.2, 0.25) is 0 Å². The van der Waals surface area contributed by atoms with E-state index in [1.165, 1.54) is 6.08 Å². The molecule has 8 heavy (non-hydrogen) atoms. The number of hydrogen-bond acceptors (Lipinski definition) is 1. The summed E-state index contributed by atoms with van der Waals surface area (Å²) in [7, 11) is 0. The lowest BCUT2D eigenvalue weighted by Gasteiger charge is -1.89. The Hall–Kier alpha value is -0.840. The molecule has 0 radical (unpaired) electrons. The van der Waals surface area contributed by atoms with Gasteiger partial charge in [-0.2, -0.15) is 5.26 Å². The third kappa shape index (κ3) is 2.35. The van der Waals surface area contributed by atoms with Gasteiger partial charge >= 0.3 is 0 Å². The lowest BCUT2D eigenvalue weighted by molar-refractivity contribution is 0.535. The third-order valence-corrected chi connectivity index (χ3v) is 0.894. The Balaban J connectivity index is 3.72. The molecule has 1 nitrogen and oxygen atoms in total. The molecule has 0 saturated heterocycles. The van der Waals surface area contributed by atoms with Gasteiger partial charge in [-0.05, 0) is 12.0 Å². The highest BCUT2D eigenvalue weighted by molar-refractivity contribution is 5.12. The maximum atomic E-state index is 11.6. The largest absolute Gasteiger partial charge is 0.246 e. The van der Waals surface area contributed by atoms with Crippen molar-refractivity contribution in [1.29, 1.82) is 5.26 Å². The third-order valence-electron chi connectivity index (χ3n) is 0.894. The van der Waals surface area contributed by atoms with Crippen LogP contribution in [0.3, 0.4) is 0 Å². The van der Waals surface area contributed by atoms with Gasteiger partial charge in [0.2, 0.25) is 0 Å². The predicted molar refractivity (Wildman–Crippen MR) is 30.0 cm³/mol. The number of nitrogens with zero attached hydrogens (tertiary/aromatic N) is 1. The molecule has 0 heterocycles. The molecule has 0 aliphatic heterocycles. The van der Waals surface area contributed by atoms with E-state index in [4.69, 9.17) is 5.26 Å². The van der Waals surface area contributed by atoms with Crippen molar-refractivity contribution in [1.82, 2.24) is 0 Å². The molecular weight excluding hydrogens is 105 g/mol. The summed E-state index contributed by atoms with van der Waals surface area (Å²) in [6.45, 7) is 1.33. The summed E-state index contributed by atoms with van der Waals surface area (Å²) in [6, 6.07) is 1.77. The van der Waals surface area contributed by atoms with Gasteiger partial charge in [0.25, 0.3) is 0 Å². The first-order valence-corrected chi connectivity index (χ1v) is 2.48. The first kappa shape index (κ1) is 7.16. The molecule has 0 aromatic carbocycles. The van der Waals surface area contributed by atoms with Gasteiger partial charge in [0.1, 0.15) is 6.67 Å². The first-order valence-electron chi connectivity index (χ1n) is 2.48. The Labute approximate surface area is 48.4 Å². The van der Waals surface area contributed by atoms with Gasteiger partial charge in [-0.25, -0.2) is 4.39 Å². The van der Waals surface area contributed by atoms with Crippen molar-refractivity contribution in [3.8, 4) is 6.07 Å². The summed E-state index contributed by atoms with van der Waals surface area (Å²) >= 11 is 0. The van der Waals surface area contributed by atoms with Crippen LogP contribution in [0.4, 0.5) is 4.39 Å². The topological polar surface area (TPSA) is 23.8 Å². The van der Waals surface area contributed by atoms with Crippen LogP contribution in [0.5, 0.6) is 0 Å². The van der Waals surface area contributed by atoms with Crippen molar-refractivity contribution in [3.63, 3.8) is 0 Å². The molecule has 0 unspecified atom stereocenters. The fraction of sp³-hybridized carbons (Fsp3) is 0.500. The van der Waals surface area contributed by atoms with Crippen molar-refractivity contribution < 1.29 is 4.39 Å². The fourth-order valence-electron chi connectivity index (χ4n) is 0.326. The van der Waals surface area contributed by atoms with Crippen molar-refractivity contribution in [2.75, 3.05) is 6.67 Å². The average Bonchev–Trinajstić information content (AvgIpc) is 1.83. The molecule has 0 rings (SSSR count). The van der Waals surface area contributed by atoms with E-state index >= 15 is 0 Å². The lowest BCUT2D eigenvalue weighted by Crippen LogP contribution is -1.80. The predicted octanol–water partition coefficient (Wildman–Crippen LogP) is 1.82. The Morgan fingerprint density at radius 3 is 2.62 bits per heavy atom. The van der Waals surface area contributed by atoms with E-state index in [9.17, 15) is 4.39 Å². The molecule has 0 aliphatic carbocycles. The van der Waals surface area contributed by atoms with Crippen LogP contribution in [0.15, 0.2) is 11.6 Å².